The summed E-state index contributed by atoms with van der Waals surface area (Å²) < 4.78 is 2.46. The summed E-state index contributed by atoms with van der Waals surface area (Å²) in [5.74, 6) is 0.539. The van der Waals surface area contributed by atoms with Gasteiger partial charge in [0.1, 0.15) is 0 Å². The van der Waals surface area contributed by atoms with Crippen molar-refractivity contribution in [3.05, 3.63) is 20.8 Å². The first kappa shape index (κ1) is 13.9. The third kappa shape index (κ3) is 2.46. The number of nitrogens with one attached hydrogen (secondary N) is 3. The van der Waals surface area contributed by atoms with E-state index in [1.807, 2.05) is 0 Å². The van der Waals surface area contributed by atoms with Crippen molar-refractivity contribution in [1.82, 2.24) is 24.4 Å². The Kier molecular flexibility index (Phi) is 3.54. The van der Waals surface area contributed by atoms with E-state index < -0.39 is 0 Å². The number of fused-ring (bicyclic) bond motifs is 1. The second-order valence-corrected chi connectivity index (χ2v) is 5.53. The van der Waals surface area contributed by atoms with Crippen molar-refractivity contribution in [2.75, 3.05) is 18.4 Å². The number of aromatic nitrogens is 4. The summed E-state index contributed by atoms with van der Waals surface area (Å²) >= 11 is 0. The maximum Gasteiger partial charge on any atom is 0.332 e. The quantitative estimate of drug-likeness (QED) is 0.694. The Morgan fingerprint density at radius 3 is 2.86 bits per heavy atom. The first-order valence-corrected chi connectivity index (χ1v) is 7.21. The normalized spacial score (nSPS) is 19.6. The number of aryl methyl sites for hydroxylation is 1. The van der Waals surface area contributed by atoms with Crippen molar-refractivity contribution in [1.29, 1.82) is 0 Å². The van der Waals surface area contributed by atoms with Crippen LogP contribution < -0.4 is 21.9 Å². The molecule has 0 bridgehead atoms. The van der Waals surface area contributed by atoms with Crippen LogP contribution in [-0.4, -0.2) is 38.2 Å². The summed E-state index contributed by atoms with van der Waals surface area (Å²) in [4.78, 5) is 31.3. The van der Waals surface area contributed by atoms with E-state index in [-0.39, 0.29) is 17.3 Å². The number of imidazole rings is 1. The molecule has 0 spiro atoms. The summed E-state index contributed by atoms with van der Waals surface area (Å²) in [6.45, 7) is 1.90. The van der Waals surface area contributed by atoms with Gasteiger partial charge in [-0.2, -0.15) is 4.98 Å². The van der Waals surface area contributed by atoms with Crippen molar-refractivity contribution in [2.45, 2.75) is 25.3 Å². The average molecular weight is 292 g/mol. The van der Waals surface area contributed by atoms with E-state index in [0.29, 0.717) is 17.1 Å². The molecule has 1 aliphatic heterocycles. The number of nitrogens with zero attached hydrogens (tertiary/aromatic N) is 3. The Hall–Kier alpha value is -2.09. The molecule has 1 atom stereocenters. The molecule has 8 heteroatoms. The number of H-pyrrole nitrogens is 1. The molecule has 8 nitrogen and oxygen atoms in total. The maximum atomic E-state index is 12.1. The standard InChI is InChI=1S/C13H20N6O2/c1-18-10-9(11(20)19(2)13(18)21)16-12(17-10)15-8-5-3-4-6-14-7-8/h8,14H,3-7H2,1-2H3,(H2,15,16,17). The SMILES string of the molecule is Cn1c(=O)c2[nH]c(NC3CCCCNC3)nc2n(C)c1=O. The van der Waals surface area contributed by atoms with E-state index in [4.69, 9.17) is 0 Å². The lowest BCUT2D eigenvalue weighted by atomic mass is 10.1. The summed E-state index contributed by atoms with van der Waals surface area (Å²) in [5, 5.41) is 6.68. The molecule has 1 unspecified atom stereocenters. The predicted octanol–water partition coefficient (Wildman–Crippen LogP) is -0.486. The molecule has 3 rings (SSSR count). The summed E-state index contributed by atoms with van der Waals surface area (Å²) in [6.07, 6.45) is 3.39. The molecule has 2 aromatic heterocycles. The molecule has 3 N–H and O–H groups in total. The smallest absolute Gasteiger partial charge is 0.332 e. The van der Waals surface area contributed by atoms with Crippen LogP contribution in [0.5, 0.6) is 0 Å². The molecular formula is C13H20N6O2. The van der Waals surface area contributed by atoms with Crippen molar-refractivity contribution in [2.24, 2.45) is 14.1 Å². The summed E-state index contributed by atoms with van der Waals surface area (Å²) in [6, 6.07) is 0.272. The monoisotopic (exact) mass is 292 g/mol. The highest BCUT2D eigenvalue weighted by molar-refractivity contribution is 5.72. The first-order chi connectivity index (χ1) is 10.1. The molecule has 1 aliphatic rings. The van der Waals surface area contributed by atoms with Gasteiger partial charge in [-0.3, -0.25) is 13.9 Å². The molecule has 1 fully saturated rings. The molecule has 0 radical (unpaired) electrons. The van der Waals surface area contributed by atoms with Gasteiger partial charge in [0.2, 0.25) is 5.95 Å². The fourth-order valence-corrected chi connectivity index (χ4v) is 2.73. The number of hydrogen-bond acceptors (Lipinski definition) is 5. The molecular weight excluding hydrogens is 272 g/mol. The summed E-state index contributed by atoms with van der Waals surface area (Å²) in [5.41, 5.74) is 0.00480. The lowest BCUT2D eigenvalue weighted by Crippen LogP contribution is -2.36. The Labute approximate surface area is 121 Å². The van der Waals surface area contributed by atoms with Crippen LogP contribution in [0.4, 0.5) is 5.95 Å². The van der Waals surface area contributed by atoms with Gasteiger partial charge in [0.25, 0.3) is 5.56 Å². The zero-order valence-electron chi connectivity index (χ0n) is 12.3. The van der Waals surface area contributed by atoms with Crippen LogP contribution >= 0.6 is 0 Å². The highest BCUT2D eigenvalue weighted by Gasteiger charge is 2.16. The van der Waals surface area contributed by atoms with E-state index >= 15 is 0 Å². The minimum absolute atomic E-state index is 0.272. The average Bonchev–Trinajstić information content (AvgIpc) is 2.72. The third-order valence-corrected chi connectivity index (χ3v) is 3.98. The highest BCUT2D eigenvalue weighted by Crippen LogP contribution is 2.12. The number of hydrogen-bond donors (Lipinski definition) is 3. The van der Waals surface area contributed by atoms with Gasteiger partial charge in [0.05, 0.1) is 0 Å². The Morgan fingerprint density at radius 2 is 2.05 bits per heavy atom. The maximum absolute atomic E-state index is 12.1. The van der Waals surface area contributed by atoms with E-state index in [1.54, 1.807) is 7.05 Å². The van der Waals surface area contributed by atoms with Gasteiger partial charge in [0.15, 0.2) is 11.2 Å². The van der Waals surface area contributed by atoms with Gasteiger partial charge < -0.3 is 15.6 Å². The third-order valence-electron chi connectivity index (χ3n) is 3.98. The van der Waals surface area contributed by atoms with Gasteiger partial charge >= 0.3 is 5.69 Å². The second-order valence-electron chi connectivity index (χ2n) is 5.53. The van der Waals surface area contributed by atoms with Crippen molar-refractivity contribution in [3.63, 3.8) is 0 Å². The molecule has 0 aromatic carbocycles. The van der Waals surface area contributed by atoms with Gasteiger partial charge in [0, 0.05) is 26.7 Å². The van der Waals surface area contributed by atoms with Crippen LogP contribution in [0.3, 0.4) is 0 Å². The second kappa shape index (κ2) is 5.36. The Bertz CT molecular complexity index is 763. The van der Waals surface area contributed by atoms with Crippen LogP contribution in [0, 0.1) is 0 Å². The number of anilines is 1. The van der Waals surface area contributed by atoms with Crippen LogP contribution in [0.15, 0.2) is 9.59 Å². The molecule has 114 valence electrons. The summed E-state index contributed by atoms with van der Waals surface area (Å²) in [7, 11) is 3.08. The van der Waals surface area contributed by atoms with Crippen LogP contribution in [0.1, 0.15) is 19.3 Å². The Balaban J connectivity index is 1.98. The van der Waals surface area contributed by atoms with E-state index in [2.05, 4.69) is 20.6 Å². The molecule has 2 aromatic rings. The van der Waals surface area contributed by atoms with Gasteiger partial charge in [-0.1, -0.05) is 6.42 Å². The molecule has 3 heterocycles. The fourth-order valence-electron chi connectivity index (χ4n) is 2.73. The van der Waals surface area contributed by atoms with Gasteiger partial charge in [-0.05, 0) is 19.4 Å². The van der Waals surface area contributed by atoms with Gasteiger partial charge in [-0.15, -0.1) is 0 Å². The molecule has 1 saturated heterocycles. The molecule has 0 saturated carbocycles. The largest absolute Gasteiger partial charge is 0.352 e. The van der Waals surface area contributed by atoms with E-state index in [9.17, 15) is 9.59 Å². The molecule has 0 amide bonds. The van der Waals surface area contributed by atoms with Crippen LogP contribution in [0.2, 0.25) is 0 Å². The lowest BCUT2D eigenvalue weighted by molar-refractivity contribution is 0.632. The predicted molar refractivity (Wildman–Crippen MR) is 80.7 cm³/mol. The zero-order valence-corrected chi connectivity index (χ0v) is 12.3. The van der Waals surface area contributed by atoms with Crippen molar-refractivity contribution < 1.29 is 0 Å². The van der Waals surface area contributed by atoms with Crippen molar-refractivity contribution >= 4 is 17.1 Å². The van der Waals surface area contributed by atoms with Gasteiger partial charge in [-0.25, -0.2) is 4.79 Å². The number of rotatable bonds is 2. The topological polar surface area (TPSA) is 96.7 Å². The zero-order chi connectivity index (χ0) is 15.0. The van der Waals surface area contributed by atoms with E-state index in [0.717, 1.165) is 30.5 Å². The van der Waals surface area contributed by atoms with Crippen LogP contribution in [-0.2, 0) is 14.1 Å². The first-order valence-electron chi connectivity index (χ1n) is 7.21. The molecule has 0 aliphatic carbocycles. The highest BCUT2D eigenvalue weighted by atomic mass is 16.2. The van der Waals surface area contributed by atoms with E-state index in [1.165, 1.54) is 18.0 Å². The molecule has 21 heavy (non-hydrogen) atoms. The number of aromatic amines is 1. The Morgan fingerprint density at radius 1 is 1.24 bits per heavy atom. The van der Waals surface area contributed by atoms with Crippen molar-refractivity contribution in [3.8, 4) is 0 Å². The van der Waals surface area contributed by atoms with Crippen LogP contribution in [0.25, 0.3) is 11.2 Å². The lowest BCUT2D eigenvalue weighted by Gasteiger charge is -2.15. The minimum Gasteiger partial charge on any atom is -0.352 e. The fraction of sp³-hybridized carbons (Fsp3) is 0.615. The minimum atomic E-state index is -0.373.